The fourth-order valence-corrected chi connectivity index (χ4v) is 1.69. The predicted octanol–water partition coefficient (Wildman–Crippen LogP) is 2.10. The van der Waals surface area contributed by atoms with Crippen LogP contribution in [0.4, 0.5) is 0 Å². The van der Waals surface area contributed by atoms with Crippen LogP contribution >= 0.6 is 11.6 Å². The van der Waals surface area contributed by atoms with Gasteiger partial charge in [0.1, 0.15) is 6.07 Å². The van der Waals surface area contributed by atoms with Crippen LogP contribution in [0.15, 0.2) is 18.5 Å². The zero-order valence-electron chi connectivity index (χ0n) is 6.95. The average Bonchev–Trinajstić information content (AvgIpc) is 2.44. The van der Waals surface area contributed by atoms with Crippen molar-refractivity contribution in [3.63, 3.8) is 0 Å². The van der Waals surface area contributed by atoms with Gasteiger partial charge in [-0.3, -0.25) is 0 Å². The Morgan fingerprint density at radius 2 is 2.38 bits per heavy atom. The van der Waals surface area contributed by atoms with Crippen molar-refractivity contribution in [3.05, 3.63) is 29.2 Å². The van der Waals surface area contributed by atoms with E-state index < -0.39 is 0 Å². The number of pyridine rings is 1. The summed E-state index contributed by atoms with van der Waals surface area (Å²) in [7, 11) is 1.84. The summed E-state index contributed by atoms with van der Waals surface area (Å²) in [6.45, 7) is 0. The van der Waals surface area contributed by atoms with E-state index in [1.54, 1.807) is 18.5 Å². The normalized spacial score (nSPS) is 10.2. The van der Waals surface area contributed by atoms with Crippen molar-refractivity contribution in [2.24, 2.45) is 7.05 Å². The van der Waals surface area contributed by atoms with Crippen LogP contribution in [-0.4, -0.2) is 9.55 Å². The largest absolute Gasteiger partial charge is 0.347 e. The molecule has 2 aromatic heterocycles. The van der Waals surface area contributed by atoms with Crippen molar-refractivity contribution in [2.45, 2.75) is 0 Å². The lowest BCUT2D eigenvalue weighted by atomic mass is 10.2. The Morgan fingerprint density at radius 1 is 1.62 bits per heavy atom. The number of aryl methyl sites for hydroxylation is 1. The number of rotatable bonds is 0. The third kappa shape index (κ3) is 1.07. The molecule has 0 spiro atoms. The molecular formula is C9H6ClN3. The molecular weight excluding hydrogens is 186 g/mol. The van der Waals surface area contributed by atoms with Crippen LogP contribution in [-0.2, 0) is 7.05 Å². The maximum absolute atomic E-state index is 8.81. The van der Waals surface area contributed by atoms with Gasteiger partial charge in [-0.25, -0.2) is 4.98 Å². The van der Waals surface area contributed by atoms with Crippen LogP contribution in [0.5, 0.6) is 0 Å². The Kier molecular flexibility index (Phi) is 1.71. The van der Waals surface area contributed by atoms with E-state index in [0.717, 1.165) is 10.9 Å². The minimum absolute atomic E-state index is 0.432. The molecule has 0 aromatic carbocycles. The minimum atomic E-state index is 0.432. The van der Waals surface area contributed by atoms with Crippen molar-refractivity contribution < 1.29 is 0 Å². The molecule has 0 unspecified atom stereocenters. The summed E-state index contributed by atoms with van der Waals surface area (Å²) in [6.07, 6.45) is 3.35. The van der Waals surface area contributed by atoms with Crippen LogP contribution in [0, 0.1) is 11.3 Å². The second-order valence-electron chi connectivity index (χ2n) is 2.76. The quantitative estimate of drug-likeness (QED) is 0.599. The molecule has 0 aliphatic rings. The van der Waals surface area contributed by atoms with E-state index in [1.807, 2.05) is 11.6 Å². The van der Waals surface area contributed by atoms with Crippen LogP contribution in [0.3, 0.4) is 0 Å². The van der Waals surface area contributed by atoms with E-state index in [1.165, 1.54) is 0 Å². The van der Waals surface area contributed by atoms with E-state index >= 15 is 0 Å². The molecule has 13 heavy (non-hydrogen) atoms. The zero-order chi connectivity index (χ0) is 9.42. The number of nitrogens with zero attached hydrogens (tertiary/aromatic N) is 3. The Bertz CT molecular complexity index is 507. The number of hydrogen-bond donors (Lipinski definition) is 0. The first-order chi connectivity index (χ1) is 6.24. The first-order valence-electron chi connectivity index (χ1n) is 3.73. The summed E-state index contributed by atoms with van der Waals surface area (Å²) in [5.74, 6) is 0. The summed E-state index contributed by atoms with van der Waals surface area (Å²) in [6, 6.07) is 3.90. The van der Waals surface area contributed by atoms with Crippen LogP contribution in [0.1, 0.15) is 5.56 Å². The molecule has 0 aliphatic heterocycles. The first-order valence-corrected chi connectivity index (χ1v) is 4.11. The molecule has 0 saturated heterocycles. The van der Waals surface area contributed by atoms with Gasteiger partial charge in [0.25, 0.3) is 0 Å². The lowest BCUT2D eigenvalue weighted by molar-refractivity contribution is 0.963. The summed E-state index contributed by atoms with van der Waals surface area (Å²) in [5, 5.41) is 10.1. The Labute approximate surface area is 80.2 Å². The van der Waals surface area contributed by atoms with Gasteiger partial charge in [-0.15, -0.1) is 0 Å². The molecule has 2 rings (SSSR count). The van der Waals surface area contributed by atoms with E-state index in [9.17, 15) is 0 Å². The Hall–Kier alpha value is -1.53. The van der Waals surface area contributed by atoms with Crippen molar-refractivity contribution in [1.29, 1.82) is 5.26 Å². The van der Waals surface area contributed by atoms with Gasteiger partial charge in [0, 0.05) is 24.8 Å². The van der Waals surface area contributed by atoms with Crippen molar-refractivity contribution in [1.82, 2.24) is 9.55 Å². The average molecular weight is 192 g/mol. The topological polar surface area (TPSA) is 41.6 Å². The highest BCUT2D eigenvalue weighted by atomic mass is 35.5. The van der Waals surface area contributed by atoms with Crippen molar-refractivity contribution in [3.8, 4) is 6.07 Å². The standard InChI is InChI=1S/C9H6ClN3/c1-13-5-6(4-11)7-2-3-12-9(10)8(7)13/h2-3,5H,1H3. The molecule has 0 amide bonds. The van der Waals surface area contributed by atoms with Crippen LogP contribution in [0.2, 0.25) is 5.15 Å². The van der Waals surface area contributed by atoms with Gasteiger partial charge in [-0.05, 0) is 6.07 Å². The molecule has 0 atom stereocenters. The molecule has 0 saturated carbocycles. The molecule has 3 nitrogen and oxygen atoms in total. The predicted molar refractivity (Wildman–Crippen MR) is 50.4 cm³/mol. The Morgan fingerprint density at radius 3 is 3.08 bits per heavy atom. The maximum Gasteiger partial charge on any atom is 0.153 e. The molecule has 0 bridgehead atoms. The summed E-state index contributed by atoms with van der Waals surface area (Å²) < 4.78 is 1.81. The molecule has 2 aromatic rings. The maximum atomic E-state index is 8.81. The number of halogens is 1. The number of nitriles is 1. The van der Waals surface area contributed by atoms with Gasteiger partial charge < -0.3 is 4.57 Å². The smallest absolute Gasteiger partial charge is 0.153 e. The van der Waals surface area contributed by atoms with E-state index in [0.29, 0.717) is 10.7 Å². The monoisotopic (exact) mass is 191 g/mol. The minimum Gasteiger partial charge on any atom is -0.347 e. The first kappa shape index (κ1) is 8.09. The van der Waals surface area contributed by atoms with E-state index in [4.69, 9.17) is 16.9 Å². The van der Waals surface area contributed by atoms with Crippen LogP contribution < -0.4 is 0 Å². The molecule has 0 N–H and O–H groups in total. The van der Waals surface area contributed by atoms with E-state index in [2.05, 4.69) is 11.1 Å². The van der Waals surface area contributed by atoms with Gasteiger partial charge in [-0.2, -0.15) is 5.26 Å². The van der Waals surface area contributed by atoms with Gasteiger partial charge in [0.2, 0.25) is 0 Å². The Balaban J connectivity index is 2.98. The zero-order valence-corrected chi connectivity index (χ0v) is 7.71. The number of fused-ring (bicyclic) bond motifs is 1. The van der Waals surface area contributed by atoms with Crippen LogP contribution in [0.25, 0.3) is 10.9 Å². The van der Waals surface area contributed by atoms with Crippen molar-refractivity contribution in [2.75, 3.05) is 0 Å². The number of aromatic nitrogens is 2. The molecule has 4 heteroatoms. The molecule has 0 radical (unpaired) electrons. The number of hydrogen-bond acceptors (Lipinski definition) is 2. The highest BCUT2D eigenvalue weighted by Gasteiger charge is 2.08. The lowest BCUT2D eigenvalue weighted by Crippen LogP contribution is -1.85. The van der Waals surface area contributed by atoms with E-state index in [-0.39, 0.29) is 0 Å². The molecule has 0 fully saturated rings. The van der Waals surface area contributed by atoms with Gasteiger partial charge in [0.15, 0.2) is 5.15 Å². The second-order valence-corrected chi connectivity index (χ2v) is 3.12. The van der Waals surface area contributed by atoms with Gasteiger partial charge >= 0.3 is 0 Å². The van der Waals surface area contributed by atoms with Gasteiger partial charge in [-0.1, -0.05) is 11.6 Å². The highest BCUT2D eigenvalue weighted by Crippen LogP contribution is 2.24. The molecule has 2 heterocycles. The summed E-state index contributed by atoms with van der Waals surface area (Å²) in [4.78, 5) is 3.95. The SMILES string of the molecule is Cn1cc(C#N)c2ccnc(Cl)c21. The third-order valence-corrected chi connectivity index (χ3v) is 2.24. The summed E-state index contributed by atoms with van der Waals surface area (Å²) >= 11 is 5.89. The highest BCUT2D eigenvalue weighted by molar-refractivity contribution is 6.34. The third-order valence-electron chi connectivity index (χ3n) is 1.97. The molecule has 64 valence electrons. The fraction of sp³-hybridized carbons (Fsp3) is 0.111. The second kappa shape index (κ2) is 2.75. The lowest BCUT2D eigenvalue weighted by Gasteiger charge is -1.96. The van der Waals surface area contributed by atoms with Crippen molar-refractivity contribution >= 4 is 22.5 Å². The van der Waals surface area contributed by atoms with Gasteiger partial charge in [0.05, 0.1) is 11.1 Å². The summed E-state index contributed by atoms with van der Waals surface area (Å²) in [5.41, 5.74) is 1.43. The molecule has 0 aliphatic carbocycles. The fourth-order valence-electron chi connectivity index (χ4n) is 1.40.